The van der Waals surface area contributed by atoms with Crippen molar-refractivity contribution in [3.05, 3.63) is 0 Å². The third-order valence-electron chi connectivity index (χ3n) is 4.71. The zero-order chi connectivity index (χ0) is 12.5. The van der Waals surface area contributed by atoms with Crippen LogP contribution in [0.5, 0.6) is 0 Å². The first-order valence-electron chi connectivity index (χ1n) is 6.55. The summed E-state index contributed by atoms with van der Waals surface area (Å²) in [5.74, 6) is -0.201. The molecule has 4 heteroatoms. The molecule has 0 radical (unpaired) electrons. The largest absolute Gasteiger partial charge is 0.480 e. The van der Waals surface area contributed by atoms with Gasteiger partial charge in [0.2, 0.25) is 0 Å². The zero-order valence-electron chi connectivity index (χ0n) is 10.8. The summed E-state index contributed by atoms with van der Waals surface area (Å²) >= 11 is 0. The first kappa shape index (κ1) is 12.8. The quantitative estimate of drug-likeness (QED) is 0.812. The number of rotatable bonds is 4. The average Bonchev–Trinajstić information content (AvgIpc) is 2.88. The van der Waals surface area contributed by atoms with E-state index < -0.39 is 5.97 Å². The van der Waals surface area contributed by atoms with Crippen molar-refractivity contribution in [2.75, 3.05) is 26.8 Å². The third-order valence-corrected chi connectivity index (χ3v) is 4.71. The Morgan fingerprint density at radius 2 is 2.18 bits per heavy atom. The van der Waals surface area contributed by atoms with E-state index in [0.29, 0.717) is 11.3 Å². The van der Waals surface area contributed by atoms with E-state index in [0.717, 1.165) is 19.7 Å². The summed E-state index contributed by atoms with van der Waals surface area (Å²) < 4.78 is 5.33. The Morgan fingerprint density at radius 3 is 2.71 bits per heavy atom. The Bertz CT molecular complexity index is 286. The first-order valence-corrected chi connectivity index (χ1v) is 6.55. The number of ether oxygens (including phenoxy) is 1. The molecule has 2 atom stereocenters. The van der Waals surface area contributed by atoms with Gasteiger partial charge in [0.1, 0.15) is 6.04 Å². The predicted molar refractivity (Wildman–Crippen MR) is 64.9 cm³/mol. The lowest BCUT2D eigenvalue weighted by molar-refractivity contribution is -0.142. The highest BCUT2D eigenvalue weighted by Crippen LogP contribution is 2.49. The van der Waals surface area contributed by atoms with E-state index >= 15 is 0 Å². The van der Waals surface area contributed by atoms with Crippen molar-refractivity contribution in [3.63, 3.8) is 0 Å². The first-order chi connectivity index (χ1) is 8.09. The van der Waals surface area contributed by atoms with Gasteiger partial charge in [0.15, 0.2) is 0 Å². The Hall–Kier alpha value is -0.610. The maximum Gasteiger partial charge on any atom is 0.320 e. The minimum Gasteiger partial charge on any atom is -0.480 e. The van der Waals surface area contributed by atoms with Gasteiger partial charge in [-0.15, -0.1) is 0 Å². The maximum atomic E-state index is 11.1. The number of likely N-dealkylation sites (tertiary alicyclic amines) is 1. The van der Waals surface area contributed by atoms with Crippen LogP contribution in [0.4, 0.5) is 0 Å². The Morgan fingerprint density at radius 1 is 1.53 bits per heavy atom. The molecule has 17 heavy (non-hydrogen) atoms. The van der Waals surface area contributed by atoms with Crippen LogP contribution in [-0.4, -0.2) is 48.8 Å². The van der Waals surface area contributed by atoms with Crippen molar-refractivity contribution in [3.8, 4) is 0 Å². The second kappa shape index (κ2) is 4.94. The molecular formula is C13H23NO3. The van der Waals surface area contributed by atoms with Crippen LogP contribution in [0.3, 0.4) is 0 Å². The topological polar surface area (TPSA) is 49.8 Å². The SMILES string of the molecule is COC[C@H]1CN([C@H](C)C(=O)O)CC12CCCC2. The van der Waals surface area contributed by atoms with E-state index in [1.54, 1.807) is 14.0 Å². The van der Waals surface area contributed by atoms with E-state index in [1.807, 2.05) is 0 Å². The fourth-order valence-electron chi connectivity index (χ4n) is 3.60. The number of aliphatic carboxylic acids is 1. The Kier molecular flexibility index (Phi) is 3.73. The Labute approximate surface area is 103 Å². The lowest BCUT2D eigenvalue weighted by Gasteiger charge is -2.29. The van der Waals surface area contributed by atoms with Crippen molar-refractivity contribution in [1.82, 2.24) is 4.90 Å². The van der Waals surface area contributed by atoms with Gasteiger partial charge in [-0.3, -0.25) is 9.69 Å². The van der Waals surface area contributed by atoms with Gasteiger partial charge in [-0.1, -0.05) is 12.8 Å². The molecule has 4 nitrogen and oxygen atoms in total. The molecule has 1 aliphatic heterocycles. The maximum absolute atomic E-state index is 11.1. The molecule has 0 aromatic rings. The van der Waals surface area contributed by atoms with Gasteiger partial charge in [0.05, 0.1) is 6.61 Å². The van der Waals surface area contributed by atoms with Gasteiger partial charge in [-0.05, 0) is 25.2 Å². The number of methoxy groups -OCH3 is 1. The second-order valence-corrected chi connectivity index (χ2v) is 5.67. The summed E-state index contributed by atoms with van der Waals surface area (Å²) in [6.07, 6.45) is 5.05. The van der Waals surface area contributed by atoms with Crippen LogP contribution in [0.1, 0.15) is 32.6 Å². The smallest absolute Gasteiger partial charge is 0.320 e. The van der Waals surface area contributed by atoms with Crippen molar-refractivity contribution in [1.29, 1.82) is 0 Å². The fourth-order valence-corrected chi connectivity index (χ4v) is 3.60. The molecular weight excluding hydrogens is 218 g/mol. The number of carboxylic acid groups (broad SMARTS) is 1. The standard InChI is InChI=1S/C13H23NO3/c1-10(12(15)16)14-7-11(8-17-2)13(9-14)5-3-4-6-13/h10-11H,3-9H2,1-2H3,(H,15,16)/t10-,11-/m1/s1. The fraction of sp³-hybridized carbons (Fsp3) is 0.923. The molecule has 0 aromatic heterocycles. The second-order valence-electron chi connectivity index (χ2n) is 5.67. The van der Waals surface area contributed by atoms with Crippen LogP contribution in [0.15, 0.2) is 0 Å². The van der Waals surface area contributed by atoms with Gasteiger partial charge in [-0.25, -0.2) is 0 Å². The highest BCUT2D eigenvalue weighted by atomic mass is 16.5. The van der Waals surface area contributed by atoms with Crippen LogP contribution >= 0.6 is 0 Å². The summed E-state index contributed by atoms with van der Waals surface area (Å²) in [6, 6.07) is -0.366. The Balaban J connectivity index is 2.09. The van der Waals surface area contributed by atoms with Crippen molar-refractivity contribution in [2.45, 2.75) is 38.6 Å². The van der Waals surface area contributed by atoms with Gasteiger partial charge in [-0.2, -0.15) is 0 Å². The van der Waals surface area contributed by atoms with E-state index in [9.17, 15) is 4.79 Å². The number of hydrogen-bond donors (Lipinski definition) is 1. The molecule has 1 saturated carbocycles. The van der Waals surface area contributed by atoms with E-state index in [4.69, 9.17) is 9.84 Å². The van der Waals surface area contributed by atoms with Gasteiger partial charge >= 0.3 is 5.97 Å². The van der Waals surface area contributed by atoms with Crippen LogP contribution in [0.2, 0.25) is 0 Å². The number of carboxylic acids is 1. The molecule has 2 fully saturated rings. The molecule has 0 aromatic carbocycles. The van der Waals surface area contributed by atoms with Crippen molar-refractivity contribution < 1.29 is 14.6 Å². The number of hydrogen-bond acceptors (Lipinski definition) is 3. The van der Waals surface area contributed by atoms with Crippen LogP contribution in [0, 0.1) is 11.3 Å². The molecule has 2 rings (SSSR count). The van der Waals surface area contributed by atoms with Gasteiger partial charge in [0, 0.05) is 26.1 Å². The monoisotopic (exact) mass is 241 g/mol. The lowest BCUT2D eigenvalue weighted by Crippen LogP contribution is -2.38. The van der Waals surface area contributed by atoms with Crippen molar-refractivity contribution >= 4 is 5.97 Å². The summed E-state index contributed by atoms with van der Waals surface area (Å²) in [7, 11) is 1.74. The summed E-state index contributed by atoms with van der Waals surface area (Å²) in [6.45, 7) is 4.37. The molecule has 1 N–H and O–H groups in total. The van der Waals surface area contributed by atoms with Crippen molar-refractivity contribution in [2.24, 2.45) is 11.3 Å². The molecule has 1 saturated heterocycles. The third kappa shape index (κ3) is 2.33. The summed E-state index contributed by atoms with van der Waals surface area (Å²) in [5.41, 5.74) is 0.333. The molecule has 2 aliphatic rings. The normalized spacial score (nSPS) is 29.9. The lowest BCUT2D eigenvalue weighted by atomic mass is 9.77. The molecule has 0 bridgehead atoms. The minimum absolute atomic E-state index is 0.333. The highest BCUT2D eigenvalue weighted by molar-refractivity contribution is 5.72. The molecule has 0 amide bonds. The minimum atomic E-state index is -0.712. The number of nitrogens with zero attached hydrogens (tertiary/aromatic N) is 1. The highest BCUT2D eigenvalue weighted by Gasteiger charge is 2.49. The van der Waals surface area contributed by atoms with E-state index in [2.05, 4.69) is 4.90 Å². The van der Waals surface area contributed by atoms with E-state index in [1.165, 1.54) is 25.7 Å². The van der Waals surface area contributed by atoms with E-state index in [-0.39, 0.29) is 6.04 Å². The van der Waals surface area contributed by atoms with Crippen LogP contribution in [0.25, 0.3) is 0 Å². The predicted octanol–water partition coefficient (Wildman–Crippen LogP) is 1.60. The zero-order valence-corrected chi connectivity index (χ0v) is 10.8. The molecule has 1 heterocycles. The summed E-state index contributed by atoms with van der Waals surface area (Å²) in [5, 5.41) is 9.12. The molecule has 1 spiro atoms. The average molecular weight is 241 g/mol. The number of carbonyl (C=O) groups is 1. The van der Waals surface area contributed by atoms with Crippen LogP contribution < -0.4 is 0 Å². The van der Waals surface area contributed by atoms with Crippen LogP contribution in [-0.2, 0) is 9.53 Å². The van der Waals surface area contributed by atoms with Gasteiger partial charge in [0.25, 0.3) is 0 Å². The molecule has 0 unspecified atom stereocenters. The van der Waals surface area contributed by atoms with Gasteiger partial charge < -0.3 is 9.84 Å². The molecule has 1 aliphatic carbocycles. The molecule has 98 valence electrons. The summed E-state index contributed by atoms with van der Waals surface area (Å²) in [4.78, 5) is 13.2.